The van der Waals surface area contributed by atoms with Crippen LogP contribution >= 0.6 is 336 Å². The summed E-state index contributed by atoms with van der Waals surface area (Å²) in [6, 6.07) is 0. The van der Waals surface area contributed by atoms with Crippen LogP contribution < -0.4 is 0 Å². The van der Waals surface area contributed by atoms with Crippen LogP contribution in [0.4, 0.5) is 0 Å². The summed E-state index contributed by atoms with van der Waals surface area (Å²) in [7, 11) is -5.74. The first-order chi connectivity index (χ1) is 19.5. The summed E-state index contributed by atoms with van der Waals surface area (Å²) < 4.78 is -15.9. The average Bonchev–Trinajstić information content (AvgIpc) is 2.80. The molecule has 0 bridgehead atoms. The summed E-state index contributed by atoms with van der Waals surface area (Å²) >= 11 is 179. The molecule has 0 saturated carbocycles. The Bertz CT molecular complexity index is 1290. The van der Waals surface area contributed by atoms with Gasteiger partial charge in [-0.05, 0) is 0 Å². The lowest BCUT2D eigenvalue weighted by molar-refractivity contribution is 0.403. The Morgan fingerprint density at radius 3 is 0.511 bits per heavy atom. The minimum Gasteiger partial charge on any atom is -0.283 e. The van der Waals surface area contributed by atoms with Gasteiger partial charge in [-0.3, -0.25) is 4.55 Å². The number of hydrogen-bond acceptors (Lipinski definition) is 2. The zero-order chi connectivity index (χ0) is 39.5. The first-order valence-electron chi connectivity index (χ1n) is 9.45. The van der Waals surface area contributed by atoms with Gasteiger partial charge >= 0.3 is 10.1 Å². The molecular formula is C14HCl29O3S. The maximum atomic E-state index is 11.9. The van der Waals surface area contributed by atoms with Crippen molar-refractivity contribution in [3.63, 3.8) is 0 Å². The minimum atomic E-state index is -5.74. The molecule has 0 spiro atoms. The van der Waals surface area contributed by atoms with Crippen LogP contribution in [0.5, 0.6) is 0 Å². The minimum absolute atomic E-state index is 2.85. The molecule has 0 fully saturated rings. The van der Waals surface area contributed by atoms with Crippen molar-refractivity contribution < 1.29 is 13.0 Å². The smallest absolute Gasteiger partial charge is 0.283 e. The molecule has 284 valence electrons. The van der Waals surface area contributed by atoms with E-state index in [9.17, 15) is 13.0 Å². The fourth-order valence-electron chi connectivity index (χ4n) is 2.49. The third-order valence-electron chi connectivity index (χ3n) is 5.38. The summed E-state index contributed by atoms with van der Waals surface area (Å²) in [4.78, 5) is 0. The summed E-state index contributed by atoms with van der Waals surface area (Å²) in [6.45, 7) is 0. The molecule has 1 N–H and O–H groups in total. The Morgan fingerprint density at radius 1 is 0.255 bits per heavy atom. The molecule has 0 aromatic carbocycles. The Balaban J connectivity index is 7.65. The van der Waals surface area contributed by atoms with Gasteiger partial charge in [0.1, 0.15) is 0 Å². The Hall–Kier alpha value is 8.32. The highest BCUT2D eigenvalue weighted by Gasteiger charge is 2.87. The van der Waals surface area contributed by atoms with Gasteiger partial charge in [-0.15, -0.1) is 0 Å². The normalized spacial score (nSPS) is 17.3. The van der Waals surface area contributed by atoms with Crippen LogP contribution in [0.15, 0.2) is 0 Å². The highest BCUT2D eigenvalue weighted by atomic mass is 35.6. The molecule has 0 aromatic heterocycles. The van der Waals surface area contributed by atoms with Gasteiger partial charge < -0.3 is 0 Å². The second kappa shape index (κ2) is 16.0. The summed E-state index contributed by atoms with van der Waals surface area (Å²) in [5.41, 5.74) is 0. The van der Waals surface area contributed by atoms with E-state index in [2.05, 4.69) is 0 Å². The molecule has 0 saturated heterocycles. The topological polar surface area (TPSA) is 54.4 Å². The largest absolute Gasteiger partial charge is 0.302 e. The molecule has 0 aliphatic heterocycles. The molecule has 0 amide bonds. The molecule has 0 heterocycles. The van der Waals surface area contributed by atoms with Gasteiger partial charge in [0.2, 0.25) is 12.5 Å². The van der Waals surface area contributed by atoms with Gasteiger partial charge in [-0.2, -0.15) is 8.42 Å². The van der Waals surface area contributed by atoms with Crippen molar-refractivity contribution in [3.8, 4) is 0 Å². The van der Waals surface area contributed by atoms with Crippen LogP contribution in [-0.2, 0) is 10.1 Å². The molecule has 0 unspecified atom stereocenters. The molecule has 0 aliphatic carbocycles. The molecule has 47 heavy (non-hydrogen) atoms. The summed E-state index contributed by atoms with van der Waals surface area (Å²) in [5.74, 6) is 0. The van der Waals surface area contributed by atoms with E-state index in [1.54, 1.807) is 0 Å². The SMILES string of the molecule is O=S(=O)(O)C(Cl)(Cl)C(Cl)(Cl)C(Cl)(Cl)C(Cl)(Cl)C(Cl)(Cl)C(Cl)(Cl)C(Cl)(Cl)C(Cl)(Cl)C(Cl)(Cl)C(Cl)(Cl)C(Cl)(Cl)C(Cl)(Cl)C(Cl)(Cl)C(Cl)(Cl)Cl. The lowest BCUT2D eigenvalue weighted by Gasteiger charge is -2.58. The zero-order valence-corrected chi connectivity index (χ0v) is 42.4. The van der Waals surface area contributed by atoms with E-state index in [0.29, 0.717) is 0 Å². The molecular weight excluding hydrogens is 1280 g/mol. The average molecular weight is 1280 g/mol. The van der Waals surface area contributed by atoms with Crippen LogP contribution in [0.25, 0.3) is 0 Å². The van der Waals surface area contributed by atoms with Crippen LogP contribution in [0.2, 0.25) is 0 Å². The first-order valence-corrected chi connectivity index (χ1v) is 21.9. The third kappa shape index (κ3) is 8.24. The maximum Gasteiger partial charge on any atom is 0.302 e. The van der Waals surface area contributed by atoms with Crippen molar-refractivity contribution >= 4 is 347 Å². The lowest BCUT2D eigenvalue weighted by atomic mass is 9.98. The number of rotatable bonds is 13. The Labute approximate surface area is 412 Å². The van der Waals surface area contributed by atoms with E-state index in [-0.39, 0.29) is 0 Å². The Kier molecular flexibility index (Phi) is 18.8. The quantitative estimate of drug-likeness (QED) is 0.148. The van der Waals surface area contributed by atoms with E-state index in [0.717, 1.165) is 0 Å². The molecule has 0 aromatic rings. The maximum absolute atomic E-state index is 11.9. The van der Waals surface area contributed by atoms with Gasteiger partial charge in [0.15, 0.2) is 43.3 Å². The van der Waals surface area contributed by atoms with E-state index >= 15 is 0 Å². The number of alkyl halides is 29. The number of halogens is 29. The van der Waals surface area contributed by atoms with E-state index in [1.807, 2.05) is 0 Å². The second-order valence-electron chi connectivity index (χ2n) is 8.38. The van der Waals surface area contributed by atoms with Gasteiger partial charge in [-0.1, -0.05) is 336 Å². The predicted octanol–water partition coefficient (Wildman–Crippen LogP) is 16.5. The lowest BCUT2D eigenvalue weighted by Crippen LogP contribution is -2.75. The van der Waals surface area contributed by atoms with E-state index in [1.165, 1.54) is 0 Å². The molecule has 3 nitrogen and oxygen atoms in total. The molecule has 0 rings (SSSR count). The van der Waals surface area contributed by atoms with Crippen LogP contribution in [-0.4, -0.2) is 72.4 Å². The molecule has 0 atom stereocenters. The van der Waals surface area contributed by atoms with Gasteiger partial charge in [0.25, 0.3) is 3.67 Å². The van der Waals surface area contributed by atoms with E-state index in [4.69, 9.17) is 336 Å². The van der Waals surface area contributed by atoms with Gasteiger partial charge in [0, 0.05) is 0 Å². The first kappa shape index (κ1) is 55.3. The fourth-order valence-corrected chi connectivity index (χ4v) is 13.0. The highest BCUT2D eigenvalue weighted by molar-refractivity contribution is 7.90. The monoisotopic (exact) mass is 1260 g/mol. The predicted molar refractivity (Wildman–Crippen MR) is 220 cm³/mol. The second-order valence-corrected chi connectivity index (χ2v) is 29.9. The van der Waals surface area contributed by atoms with Crippen molar-refractivity contribution in [1.29, 1.82) is 0 Å². The summed E-state index contributed by atoms with van der Waals surface area (Å²) in [5, 5.41) is 0. The standard InChI is InChI=1S/C14HCl29O3S/c15-1(16,3(19,20)5(23,24)7(27,28)9(31,32)11(35,36)13(39,40)41)2(17,18)4(21,22)6(25,26)8(29,30)10(33,34)12(37,38)14(42,43)47(44,45)46/h(H,44,45,46). The third-order valence-corrected chi connectivity index (χ3v) is 28.0. The Morgan fingerprint density at radius 2 is 0.383 bits per heavy atom. The van der Waals surface area contributed by atoms with E-state index < -0.39 is 69.6 Å². The van der Waals surface area contributed by atoms with Crippen LogP contribution in [0.3, 0.4) is 0 Å². The highest BCUT2D eigenvalue weighted by Crippen LogP contribution is 2.77. The van der Waals surface area contributed by atoms with Crippen molar-refractivity contribution in [2.75, 3.05) is 0 Å². The zero-order valence-electron chi connectivity index (χ0n) is 19.6. The number of hydrogen-bond donors (Lipinski definition) is 1. The van der Waals surface area contributed by atoms with Crippen molar-refractivity contribution in [1.82, 2.24) is 0 Å². The van der Waals surface area contributed by atoms with Gasteiger partial charge in [0.05, 0.1) is 0 Å². The summed E-state index contributed by atoms with van der Waals surface area (Å²) in [6.07, 6.45) is 0. The molecule has 33 heteroatoms. The molecule has 0 radical (unpaired) electrons. The molecule has 0 aliphatic rings. The van der Waals surface area contributed by atoms with Crippen LogP contribution in [0, 0.1) is 0 Å². The van der Waals surface area contributed by atoms with Crippen molar-refractivity contribution in [2.45, 2.75) is 59.5 Å². The van der Waals surface area contributed by atoms with Crippen molar-refractivity contribution in [2.24, 2.45) is 0 Å². The van der Waals surface area contributed by atoms with Gasteiger partial charge in [-0.25, -0.2) is 0 Å². The fraction of sp³-hybridized carbons (Fsp3) is 1.00. The van der Waals surface area contributed by atoms with Crippen LogP contribution in [0.1, 0.15) is 0 Å². The van der Waals surface area contributed by atoms with Crippen molar-refractivity contribution in [3.05, 3.63) is 0 Å².